The quantitative estimate of drug-likeness (QED) is 0.931. The summed E-state index contributed by atoms with van der Waals surface area (Å²) in [6.07, 6.45) is 7.27. The Kier molecular flexibility index (Phi) is 4.93. The maximum atomic E-state index is 10.3. The van der Waals surface area contributed by atoms with Crippen LogP contribution in [-0.2, 0) is 13.0 Å². The molecule has 0 amide bonds. The molecule has 2 aromatic heterocycles. The molecule has 2 atom stereocenters. The highest BCUT2D eigenvalue weighted by Gasteiger charge is 2.31. The predicted molar refractivity (Wildman–Crippen MR) is 87.0 cm³/mol. The van der Waals surface area contributed by atoms with E-state index in [-0.39, 0.29) is 12.0 Å². The Morgan fingerprint density at radius 2 is 1.77 bits per heavy atom. The molecule has 0 unspecified atom stereocenters. The fourth-order valence-corrected chi connectivity index (χ4v) is 3.39. The SMILES string of the molecule is O[C@@H]1CN(Cc2c(Cl)cncc2Cl)C[C@H]1Cc1ccncc1. The van der Waals surface area contributed by atoms with Gasteiger partial charge >= 0.3 is 0 Å². The summed E-state index contributed by atoms with van der Waals surface area (Å²) in [6.45, 7) is 2.08. The second kappa shape index (κ2) is 6.92. The number of pyridine rings is 2. The van der Waals surface area contributed by atoms with Gasteiger partial charge in [-0.05, 0) is 24.1 Å². The zero-order valence-corrected chi connectivity index (χ0v) is 13.5. The number of β-amino-alcohol motifs (C(OH)–C–C–N with tert-alkyl or cyclic N) is 1. The van der Waals surface area contributed by atoms with Gasteiger partial charge in [0.15, 0.2) is 0 Å². The van der Waals surface area contributed by atoms with Gasteiger partial charge in [0.05, 0.1) is 16.1 Å². The standard InChI is InChI=1S/C16H17Cl2N3O/c17-14-6-20-7-15(18)13(14)9-21-8-12(16(22)10-21)5-11-1-3-19-4-2-11/h1-4,6-7,12,16,22H,5,8-10H2/t12-,16-/m1/s1. The van der Waals surface area contributed by atoms with Crippen LogP contribution in [0, 0.1) is 5.92 Å². The van der Waals surface area contributed by atoms with Crippen LogP contribution in [0.3, 0.4) is 0 Å². The first-order chi connectivity index (χ1) is 10.6. The molecule has 1 aliphatic heterocycles. The van der Waals surface area contributed by atoms with Crippen molar-refractivity contribution in [3.05, 3.63) is 58.1 Å². The molecule has 1 fully saturated rings. The van der Waals surface area contributed by atoms with E-state index in [9.17, 15) is 5.11 Å². The molecule has 116 valence electrons. The van der Waals surface area contributed by atoms with Crippen LogP contribution in [0.15, 0.2) is 36.9 Å². The average molecular weight is 338 g/mol. The van der Waals surface area contributed by atoms with Crippen molar-refractivity contribution < 1.29 is 5.11 Å². The van der Waals surface area contributed by atoms with Gasteiger partial charge in [-0.1, -0.05) is 23.2 Å². The minimum absolute atomic E-state index is 0.210. The lowest BCUT2D eigenvalue weighted by Crippen LogP contribution is -2.21. The molecule has 1 N–H and O–H groups in total. The Bertz CT molecular complexity index is 618. The lowest BCUT2D eigenvalue weighted by Gasteiger charge is -2.17. The van der Waals surface area contributed by atoms with Crippen LogP contribution in [0.2, 0.25) is 10.0 Å². The summed E-state index contributed by atoms with van der Waals surface area (Å²) in [5.74, 6) is 0.210. The summed E-state index contributed by atoms with van der Waals surface area (Å²) < 4.78 is 0. The number of hydrogen-bond acceptors (Lipinski definition) is 4. The van der Waals surface area contributed by atoms with Crippen molar-refractivity contribution >= 4 is 23.2 Å². The lowest BCUT2D eigenvalue weighted by atomic mass is 9.97. The molecule has 3 rings (SSSR count). The normalized spacial score (nSPS) is 22.1. The van der Waals surface area contributed by atoms with E-state index < -0.39 is 0 Å². The van der Waals surface area contributed by atoms with Crippen molar-refractivity contribution in [2.45, 2.75) is 19.1 Å². The van der Waals surface area contributed by atoms with E-state index in [1.807, 2.05) is 12.1 Å². The largest absolute Gasteiger partial charge is 0.391 e. The highest BCUT2D eigenvalue weighted by molar-refractivity contribution is 6.35. The number of halogens is 2. The highest BCUT2D eigenvalue weighted by atomic mass is 35.5. The molecule has 1 aliphatic rings. The second-order valence-electron chi connectivity index (χ2n) is 5.66. The molecular formula is C16H17Cl2N3O. The fourth-order valence-electron chi connectivity index (χ4n) is 2.91. The van der Waals surface area contributed by atoms with E-state index in [0.29, 0.717) is 23.1 Å². The summed E-state index contributed by atoms with van der Waals surface area (Å²) in [7, 11) is 0. The monoisotopic (exact) mass is 337 g/mol. The smallest absolute Gasteiger partial charge is 0.0710 e. The molecule has 3 heterocycles. The van der Waals surface area contributed by atoms with Crippen LogP contribution in [-0.4, -0.2) is 39.2 Å². The van der Waals surface area contributed by atoms with Gasteiger partial charge in [-0.15, -0.1) is 0 Å². The van der Waals surface area contributed by atoms with Crippen molar-refractivity contribution in [2.24, 2.45) is 5.92 Å². The molecule has 0 radical (unpaired) electrons. The van der Waals surface area contributed by atoms with Gasteiger partial charge < -0.3 is 5.11 Å². The average Bonchev–Trinajstić information content (AvgIpc) is 2.84. The number of aliphatic hydroxyl groups is 1. The number of aliphatic hydroxyl groups excluding tert-OH is 1. The molecule has 0 aliphatic carbocycles. The topological polar surface area (TPSA) is 49.2 Å². The van der Waals surface area contributed by atoms with Crippen molar-refractivity contribution in [3.63, 3.8) is 0 Å². The van der Waals surface area contributed by atoms with Gasteiger partial charge in [0, 0.05) is 55.9 Å². The summed E-state index contributed by atoms with van der Waals surface area (Å²) >= 11 is 12.3. The second-order valence-corrected chi connectivity index (χ2v) is 6.48. The lowest BCUT2D eigenvalue weighted by molar-refractivity contribution is 0.141. The first-order valence-electron chi connectivity index (χ1n) is 7.20. The Hall–Kier alpha value is -1.20. The molecular weight excluding hydrogens is 321 g/mol. The molecule has 2 aromatic rings. The molecule has 4 nitrogen and oxygen atoms in total. The third-order valence-electron chi connectivity index (χ3n) is 4.06. The fraction of sp³-hybridized carbons (Fsp3) is 0.375. The van der Waals surface area contributed by atoms with Crippen molar-refractivity contribution in [2.75, 3.05) is 13.1 Å². The van der Waals surface area contributed by atoms with Crippen LogP contribution < -0.4 is 0 Å². The zero-order valence-electron chi connectivity index (χ0n) is 12.0. The number of nitrogens with zero attached hydrogens (tertiary/aromatic N) is 3. The number of hydrogen-bond donors (Lipinski definition) is 1. The first-order valence-corrected chi connectivity index (χ1v) is 7.96. The van der Waals surface area contributed by atoms with Gasteiger partial charge in [-0.25, -0.2) is 0 Å². The van der Waals surface area contributed by atoms with Gasteiger partial charge in [-0.2, -0.15) is 0 Å². The van der Waals surface area contributed by atoms with E-state index >= 15 is 0 Å². The summed E-state index contributed by atoms with van der Waals surface area (Å²) in [5.41, 5.74) is 2.07. The van der Waals surface area contributed by atoms with Crippen molar-refractivity contribution in [3.8, 4) is 0 Å². The number of likely N-dealkylation sites (tertiary alicyclic amines) is 1. The van der Waals surface area contributed by atoms with Crippen molar-refractivity contribution in [1.29, 1.82) is 0 Å². The Morgan fingerprint density at radius 3 is 2.45 bits per heavy atom. The van der Waals surface area contributed by atoms with E-state index in [0.717, 1.165) is 18.5 Å². The summed E-state index contributed by atoms with van der Waals surface area (Å²) in [4.78, 5) is 10.2. The molecule has 6 heteroatoms. The van der Waals surface area contributed by atoms with E-state index in [1.54, 1.807) is 24.8 Å². The molecule has 22 heavy (non-hydrogen) atoms. The highest BCUT2D eigenvalue weighted by Crippen LogP contribution is 2.28. The molecule has 1 saturated heterocycles. The Labute approximate surface area is 139 Å². The molecule has 0 bridgehead atoms. The van der Waals surface area contributed by atoms with Crippen LogP contribution in [0.25, 0.3) is 0 Å². The van der Waals surface area contributed by atoms with Gasteiger partial charge in [0.2, 0.25) is 0 Å². The maximum absolute atomic E-state index is 10.3. The number of rotatable bonds is 4. The van der Waals surface area contributed by atoms with E-state index in [2.05, 4.69) is 14.9 Å². The van der Waals surface area contributed by atoms with E-state index in [1.165, 1.54) is 5.56 Å². The van der Waals surface area contributed by atoms with Gasteiger partial charge in [0.1, 0.15) is 0 Å². The Balaban J connectivity index is 1.66. The van der Waals surface area contributed by atoms with Gasteiger partial charge in [-0.3, -0.25) is 14.9 Å². The third-order valence-corrected chi connectivity index (χ3v) is 4.71. The summed E-state index contributed by atoms with van der Waals surface area (Å²) in [6, 6.07) is 3.98. The van der Waals surface area contributed by atoms with Crippen LogP contribution >= 0.6 is 23.2 Å². The first kappa shape index (κ1) is 15.7. The molecule has 0 saturated carbocycles. The molecule has 0 aromatic carbocycles. The zero-order chi connectivity index (χ0) is 15.5. The van der Waals surface area contributed by atoms with Crippen LogP contribution in [0.1, 0.15) is 11.1 Å². The van der Waals surface area contributed by atoms with Crippen LogP contribution in [0.5, 0.6) is 0 Å². The summed E-state index contributed by atoms with van der Waals surface area (Å²) in [5, 5.41) is 11.4. The number of aromatic nitrogens is 2. The van der Waals surface area contributed by atoms with E-state index in [4.69, 9.17) is 23.2 Å². The molecule has 0 spiro atoms. The Morgan fingerprint density at radius 1 is 1.09 bits per heavy atom. The maximum Gasteiger partial charge on any atom is 0.0710 e. The van der Waals surface area contributed by atoms with Crippen molar-refractivity contribution in [1.82, 2.24) is 14.9 Å². The third kappa shape index (κ3) is 3.58. The predicted octanol–water partition coefficient (Wildman–Crippen LogP) is 2.82. The minimum Gasteiger partial charge on any atom is -0.391 e. The van der Waals surface area contributed by atoms with Crippen LogP contribution in [0.4, 0.5) is 0 Å². The van der Waals surface area contributed by atoms with Gasteiger partial charge in [0.25, 0.3) is 0 Å². The minimum atomic E-state index is -0.340.